The highest BCUT2D eigenvalue weighted by Gasteiger charge is 2.29. The van der Waals surface area contributed by atoms with Gasteiger partial charge < -0.3 is 9.84 Å². The number of rotatable bonds is 7. The molecule has 0 aromatic heterocycles. The number of methoxy groups -OCH3 is 1. The molecule has 128 valence electrons. The first kappa shape index (κ1) is 17.7. The molecule has 1 fully saturated rings. The molecule has 1 aliphatic rings. The van der Waals surface area contributed by atoms with Crippen molar-refractivity contribution < 1.29 is 23.1 Å². The van der Waals surface area contributed by atoms with Crippen molar-refractivity contribution in [1.29, 1.82) is 0 Å². The number of hydrogen-bond donors (Lipinski definition) is 2. The van der Waals surface area contributed by atoms with Crippen LogP contribution in [-0.4, -0.2) is 38.5 Å². The Kier molecular flexibility index (Phi) is 5.64. The molecule has 0 aliphatic heterocycles. The SMILES string of the molecule is COC(CS(=O)(=O)Nc1ccc(C(=O)O)cc1C)C1CCCC1. The average molecular weight is 341 g/mol. The molecule has 1 atom stereocenters. The van der Waals surface area contributed by atoms with Crippen LogP contribution in [0.1, 0.15) is 41.6 Å². The number of hydrogen-bond acceptors (Lipinski definition) is 4. The highest BCUT2D eigenvalue weighted by molar-refractivity contribution is 7.92. The van der Waals surface area contributed by atoms with Crippen molar-refractivity contribution in [3.63, 3.8) is 0 Å². The second-order valence-corrected chi connectivity index (χ2v) is 7.80. The van der Waals surface area contributed by atoms with Gasteiger partial charge in [0.2, 0.25) is 10.0 Å². The van der Waals surface area contributed by atoms with Crippen LogP contribution in [0.25, 0.3) is 0 Å². The van der Waals surface area contributed by atoms with Crippen LogP contribution >= 0.6 is 0 Å². The van der Waals surface area contributed by atoms with Gasteiger partial charge in [-0.3, -0.25) is 4.72 Å². The number of benzene rings is 1. The third-order valence-corrected chi connectivity index (χ3v) is 5.65. The summed E-state index contributed by atoms with van der Waals surface area (Å²) in [5, 5.41) is 8.95. The van der Waals surface area contributed by atoms with E-state index in [0.717, 1.165) is 25.7 Å². The molecule has 1 saturated carbocycles. The maximum atomic E-state index is 12.4. The summed E-state index contributed by atoms with van der Waals surface area (Å²) < 4.78 is 32.7. The molecule has 1 aromatic rings. The summed E-state index contributed by atoms with van der Waals surface area (Å²) in [7, 11) is -2.01. The van der Waals surface area contributed by atoms with Crippen molar-refractivity contribution in [1.82, 2.24) is 0 Å². The standard InChI is InChI=1S/C16H23NO5S/c1-11-9-13(16(18)19)7-8-14(11)17-23(20,21)10-15(22-2)12-5-3-4-6-12/h7-9,12,15,17H,3-6,10H2,1-2H3,(H,18,19). The molecule has 0 saturated heterocycles. The van der Waals surface area contributed by atoms with Gasteiger partial charge in [-0.1, -0.05) is 12.8 Å². The van der Waals surface area contributed by atoms with Crippen molar-refractivity contribution in [2.45, 2.75) is 38.7 Å². The van der Waals surface area contributed by atoms with E-state index in [2.05, 4.69) is 4.72 Å². The number of ether oxygens (including phenoxy) is 1. The van der Waals surface area contributed by atoms with E-state index >= 15 is 0 Å². The third-order valence-electron chi connectivity index (χ3n) is 4.35. The maximum Gasteiger partial charge on any atom is 0.335 e. The summed E-state index contributed by atoms with van der Waals surface area (Å²) in [5.74, 6) is -0.843. The highest BCUT2D eigenvalue weighted by atomic mass is 32.2. The van der Waals surface area contributed by atoms with Crippen LogP contribution in [0.5, 0.6) is 0 Å². The number of sulfonamides is 1. The second kappa shape index (κ2) is 7.31. The van der Waals surface area contributed by atoms with Crippen LogP contribution in [0.3, 0.4) is 0 Å². The lowest BCUT2D eigenvalue weighted by Crippen LogP contribution is -2.32. The number of carboxylic acid groups (broad SMARTS) is 1. The zero-order valence-corrected chi connectivity index (χ0v) is 14.2. The van der Waals surface area contributed by atoms with E-state index in [1.807, 2.05) is 0 Å². The fourth-order valence-corrected chi connectivity index (χ4v) is 4.55. The van der Waals surface area contributed by atoms with Gasteiger partial charge in [-0.25, -0.2) is 13.2 Å². The minimum absolute atomic E-state index is 0.0890. The van der Waals surface area contributed by atoms with Crippen molar-refractivity contribution in [2.24, 2.45) is 5.92 Å². The molecule has 2 rings (SSSR count). The minimum Gasteiger partial charge on any atom is -0.478 e. The summed E-state index contributed by atoms with van der Waals surface area (Å²) >= 11 is 0. The Hall–Kier alpha value is -1.60. The van der Waals surface area contributed by atoms with Gasteiger partial charge in [0.25, 0.3) is 0 Å². The largest absolute Gasteiger partial charge is 0.478 e. The molecule has 1 aliphatic carbocycles. The molecule has 0 radical (unpaired) electrons. The van der Waals surface area contributed by atoms with Crippen molar-refractivity contribution >= 4 is 21.7 Å². The molecule has 2 N–H and O–H groups in total. The molecular weight excluding hydrogens is 318 g/mol. The van der Waals surface area contributed by atoms with Gasteiger partial charge in [0.15, 0.2) is 0 Å². The monoisotopic (exact) mass is 341 g/mol. The summed E-state index contributed by atoms with van der Waals surface area (Å²) in [6.45, 7) is 1.68. The van der Waals surface area contributed by atoms with Gasteiger partial charge in [-0.15, -0.1) is 0 Å². The lowest BCUT2D eigenvalue weighted by molar-refractivity contribution is 0.0696. The van der Waals surface area contributed by atoms with E-state index in [1.165, 1.54) is 18.2 Å². The smallest absolute Gasteiger partial charge is 0.335 e. The first-order valence-electron chi connectivity index (χ1n) is 7.69. The number of carbonyl (C=O) groups is 1. The number of aromatic carboxylic acids is 1. The van der Waals surface area contributed by atoms with Crippen LogP contribution in [-0.2, 0) is 14.8 Å². The number of carboxylic acids is 1. The van der Waals surface area contributed by atoms with Gasteiger partial charge in [-0.05, 0) is 49.4 Å². The molecule has 1 unspecified atom stereocenters. The number of aryl methyl sites for hydroxylation is 1. The molecule has 0 heterocycles. The summed E-state index contributed by atoms with van der Waals surface area (Å²) in [6.07, 6.45) is 3.93. The Morgan fingerprint density at radius 1 is 1.39 bits per heavy atom. The van der Waals surface area contributed by atoms with Crippen LogP contribution < -0.4 is 4.72 Å². The van der Waals surface area contributed by atoms with Crippen molar-refractivity contribution in [3.05, 3.63) is 29.3 Å². The predicted molar refractivity (Wildman–Crippen MR) is 88.3 cm³/mol. The summed E-state index contributed by atoms with van der Waals surface area (Å²) in [4.78, 5) is 10.9. The lowest BCUT2D eigenvalue weighted by Gasteiger charge is -2.22. The molecule has 0 bridgehead atoms. The lowest BCUT2D eigenvalue weighted by atomic mass is 10.0. The molecule has 7 heteroatoms. The van der Waals surface area contributed by atoms with Gasteiger partial charge in [0, 0.05) is 7.11 Å². The second-order valence-electron chi connectivity index (χ2n) is 6.04. The number of nitrogens with one attached hydrogen (secondary N) is 1. The first-order chi connectivity index (χ1) is 10.8. The summed E-state index contributed by atoms with van der Waals surface area (Å²) in [5.41, 5.74) is 1.10. The van der Waals surface area contributed by atoms with Crippen LogP contribution in [0.15, 0.2) is 18.2 Å². The van der Waals surface area contributed by atoms with Gasteiger partial charge >= 0.3 is 5.97 Å². The third kappa shape index (κ3) is 4.68. The molecule has 0 amide bonds. The fourth-order valence-electron chi connectivity index (χ4n) is 3.06. The molecule has 6 nitrogen and oxygen atoms in total. The Balaban J connectivity index is 2.09. The average Bonchev–Trinajstić information content (AvgIpc) is 3.00. The first-order valence-corrected chi connectivity index (χ1v) is 9.35. The van der Waals surface area contributed by atoms with Crippen molar-refractivity contribution in [2.75, 3.05) is 17.6 Å². The molecule has 1 aromatic carbocycles. The predicted octanol–water partition coefficient (Wildman–Crippen LogP) is 2.64. The van der Waals surface area contributed by atoms with Gasteiger partial charge in [-0.2, -0.15) is 0 Å². The molecule has 0 spiro atoms. The minimum atomic E-state index is -3.56. The topological polar surface area (TPSA) is 92.7 Å². The Bertz CT molecular complexity index is 665. The van der Waals surface area contributed by atoms with Crippen molar-refractivity contribution in [3.8, 4) is 0 Å². The van der Waals surface area contributed by atoms with Gasteiger partial charge in [0.05, 0.1) is 23.1 Å². The Labute approximate surface area is 136 Å². The van der Waals surface area contributed by atoms with E-state index in [4.69, 9.17) is 9.84 Å². The van der Waals surface area contributed by atoms with E-state index in [-0.39, 0.29) is 23.3 Å². The van der Waals surface area contributed by atoms with E-state index in [1.54, 1.807) is 14.0 Å². The zero-order valence-electron chi connectivity index (χ0n) is 13.4. The van der Waals surface area contributed by atoms with Crippen LogP contribution in [0.2, 0.25) is 0 Å². The quantitative estimate of drug-likeness (QED) is 0.795. The Morgan fingerprint density at radius 2 is 2.04 bits per heavy atom. The maximum absolute atomic E-state index is 12.4. The molecular formula is C16H23NO5S. The molecule has 23 heavy (non-hydrogen) atoms. The van der Waals surface area contributed by atoms with Crippen LogP contribution in [0, 0.1) is 12.8 Å². The van der Waals surface area contributed by atoms with E-state index in [9.17, 15) is 13.2 Å². The normalized spacial score (nSPS) is 17.1. The van der Waals surface area contributed by atoms with Gasteiger partial charge in [0.1, 0.15) is 0 Å². The van der Waals surface area contributed by atoms with Crippen LogP contribution in [0.4, 0.5) is 5.69 Å². The highest BCUT2D eigenvalue weighted by Crippen LogP contribution is 2.30. The summed E-state index contributed by atoms with van der Waals surface area (Å²) in [6, 6.07) is 4.32. The van der Waals surface area contributed by atoms with E-state index < -0.39 is 16.0 Å². The van der Waals surface area contributed by atoms with E-state index in [0.29, 0.717) is 11.3 Å². The Morgan fingerprint density at radius 3 is 2.57 bits per heavy atom. The zero-order chi connectivity index (χ0) is 17.0. The number of anilines is 1. The fraction of sp³-hybridized carbons (Fsp3) is 0.562.